The van der Waals surface area contributed by atoms with E-state index in [4.69, 9.17) is 4.74 Å². The zero-order valence-corrected chi connectivity index (χ0v) is 14.0. The van der Waals surface area contributed by atoms with Gasteiger partial charge in [0.1, 0.15) is 0 Å². The summed E-state index contributed by atoms with van der Waals surface area (Å²) in [6, 6.07) is 18.4. The molecule has 0 spiro atoms. The van der Waals surface area contributed by atoms with Crippen LogP contribution in [0.25, 0.3) is 0 Å². The van der Waals surface area contributed by atoms with Crippen molar-refractivity contribution in [3.8, 4) is 0 Å². The summed E-state index contributed by atoms with van der Waals surface area (Å²) in [5, 5.41) is 0. The number of benzene rings is 2. The van der Waals surface area contributed by atoms with Gasteiger partial charge in [0.25, 0.3) is 0 Å². The largest absolute Gasteiger partial charge is 0.463 e. The normalized spacial score (nSPS) is 12.3. The fraction of sp³-hybridized carbons (Fsp3) is 0.167. The molecule has 2 aromatic rings. The van der Waals surface area contributed by atoms with Crippen molar-refractivity contribution in [1.82, 2.24) is 0 Å². The maximum Gasteiger partial charge on any atom is 0.330 e. The number of hydrogen-bond donors (Lipinski definition) is 0. The highest BCUT2D eigenvalue weighted by Crippen LogP contribution is 2.29. The Morgan fingerprint density at radius 1 is 1.14 bits per heavy atom. The molecule has 0 fully saturated rings. The highest BCUT2D eigenvalue weighted by molar-refractivity contribution is 14.1. The molecule has 0 amide bonds. The Balaban J connectivity index is 2.36. The Hall–Kier alpha value is -1.62. The lowest BCUT2D eigenvalue weighted by atomic mass is 9.91. The van der Waals surface area contributed by atoms with Gasteiger partial charge in [0.15, 0.2) is 0 Å². The van der Waals surface area contributed by atoms with Crippen LogP contribution in [0, 0.1) is 3.57 Å². The van der Waals surface area contributed by atoms with Gasteiger partial charge in [0.2, 0.25) is 0 Å². The number of rotatable bonds is 5. The van der Waals surface area contributed by atoms with E-state index in [1.165, 1.54) is 15.2 Å². The molecule has 2 rings (SSSR count). The minimum absolute atomic E-state index is 0.0451. The highest BCUT2D eigenvalue weighted by atomic mass is 127. The van der Waals surface area contributed by atoms with Gasteiger partial charge in [-0.1, -0.05) is 54.6 Å². The maximum atomic E-state index is 11.6. The third kappa shape index (κ3) is 4.43. The first kappa shape index (κ1) is 15.8. The van der Waals surface area contributed by atoms with Crippen molar-refractivity contribution in [2.24, 2.45) is 0 Å². The van der Waals surface area contributed by atoms with Crippen LogP contribution >= 0.6 is 22.6 Å². The number of esters is 1. The lowest BCUT2D eigenvalue weighted by Crippen LogP contribution is -2.03. The van der Waals surface area contributed by atoms with Gasteiger partial charge in [-0.3, -0.25) is 0 Å². The maximum absolute atomic E-state index is 11.6. The molecule has 0 N–H and O–H groups in total. The number of carbonyl (C=O) groups excluding carboxylic acids is 1. The van der Waals surface area contributed by atoms with Gasteiger partial charge in [0.05, 0.1) is 6.61 Å². The summed E-state index contributed by atoms with van der Waals surface area (Å²) in [6.45, 7) is 2.20. The zero-order valence-electron chi connectivity index (χ0n) is 11.8. The molecule has 21 heavy (non-hydrogen) atoms. The van der Waals surface area contributed by atoms with E-state index in [0.717, 1.165) is 5.56 Å². The van der Waals surface area contributed by atoms with Crippen LogP contribution in [0.5, 0.6) is 0 Å². The highest BCUT2D eigenvalue weighted by Gasteiger charge is 2.14. The molecule has 108 valence electrons. The fourth-order valence-electron chi connectivity index (χ4n) is 2.15. The van der Waals surface area contributed by atoms with Gasteiger partial charge in [-0.05, 0) is 46.7 Å². The Kier molecular flexibility index (Phi) is 5.99. The van der Waals surface area contributed by atoms with Crippen molar-refractivity contribution in [3.05, 3.63) is 81.4 Å². The Labute approximate surface area is 139 Å². The molecule has 1 atom stereocenters. The van der Waals surface area contributed by atoms with Crippen molar-refractivity contribution >= 4 is 28.6 Å². The van der Waals surface area contributed by atoms with Gasteiger partial charge < -0.3 is 4.74 Å². The number of ether oxygens (including phenoxy) is 1. The average molecular weight is 392 g/mol. The number of allylic oxidation sites excluding steroid dienone is 1. The Bertz CT molecular complexity index is 620. The van der Waals surface area contributed by atoms with E-state index in [0.29, 0.717) is 6.61 Å². The van der Waals surface area contributed by atoms with Crippen LogP contribution in [0.1, 0.15) is 24.0 Å². The van der Waals surface area contributed by atoms with Gasteiger partial charge in [-0.15, -0.1) is 0 Å². The lowest BCUT2D eigenvalue weighted by molar-refractivity contribution is -0.137. The molecule has 0 bridgehead atoms. The summed E-state index contributed by atoms with van der Waals surface area (Å²) < 4.78 is 6.14. The minimum Gasteiger partial charge on any atom is -0.463 e. The van der Waals surface area contributed by atoms with E-state index in [-0.39, 0.29) is 11.9 Å². The van der Waals surface area contributed by atoms with E-state index >= 15 is 0 Å². The average Bonchev–Trinajstić information content (AvgIpc) is 2.50. The van der Waals surface area contributed by atoms with Crippen molar-refractivity contribution < 1.29 is 9.53 Å². The molecule has 0 aliphatic heterocycles. The molecule has 0 aliphatic rings. The number of carbonyl (C=O) groups is 1. The van der Waals surface area contributed by atoms with E-state index in [2.05, 4.69) is 46.9 Å². The lowest BCUT2D eigenvalue weighted by Gasteiger charge is -2.15. The topological polar surface area (TPSA) is 26.3 Å². The molecule has 0 saturated carbocycles. The van der Waals surface area contributed by atoms with E-state index in [1.807, 2.05) is 36.4 Å². The first-order chi connectivity index (χ1) is 10.2. The van der Waals surface area contributed by atoms with Crippen LogP contribution in [0.15, 0.2) is 66.7 Å². The van der Waals surface area contributed by atoms with Crippen molar-refractivity contribution in [2.45, 2.75) is 12.8 Å². The van der Waals surface area contributed by atoms with Crippen LogP contribution < -0.4 is 0 Å². The number of hydrogen-bond acceptors (Lipinski definition) is 2. The summed E-state index contributed by atoms with van der Waals surface area (Å²) >= 11 is 2.33. The molecule has 2 aromatic carbocycles. The summed E-state index contributed by atoms with van der Waals surface area (Å²) in [6.07, 6.45) is 3.43. The second-order valence-electron chi connectivity index (χ2n) is 4.52. The Morgan fingerprint density at radius 2 is 1.81 bits per heavy atom. The quantitative estimate of drug-likeness (QED) is 0.424. The molecule has 1 unspecified atom stereocenters. The molecule has 0 aliphatic carbocycles. The molecule has 3 heteroatoms. The monoisotopic (exact) mass is 392 g/mol. The minimum atomic E-state index is -0.302. The first-order valence-corrected chi connectivity index (χ1v) is 7.94. The van der Waals surface area contributed by atoms with Gasteiger partial charge in [-0.2, -0.15) is 0 Å². The van der Waals surface area contributed by atoms with Gasteiger partial charge in [-0.25, -0.2) is 4.79 Å². The third-order valence-corrected chi connectivity index (χ3v) is 4.09. The van der Waals surface area contributed by atoms with Crippen LogP contribution in [-0.4, -0.2) is 12.6 Å². The fourth-order valence-corrected chi connectivity index (χ4v) is 2.87. The standard InChI is InChI=1S/C18H17IO2/c1-2-21-18(20)13-12-15(14-8-4-3-5-9-14)16-10-6-7-11-17(16)19/h3-13,15H,2H2,1H3/b13-12+. The SMILES string of the molecule is CCOC(=O)/C=C/C(c1ccccc1)c1ccccc1I. The smallest absolute Gasteiger partial charge is 0.330 e. The number of halogens is 1. The zero-order chi connectivity index (χ0) is 15.1. The van der Waals surface area contributed by atoms with Gasteiger partial charge in [0, 0.05) is 15.6 Å². The molecule has 0 aromatic heterocycles. The van der Waals surface area contributed by atoms with Crippen molar-refractivity contribution in [2.75, 3.05) is 6.61 Å². The van der Waals surface area contributed by atoms with E-state index in [1.54, 1.807) is 6.92 Å². The summed E-state index contributed by atoms with van der Waals surface area (Å²) in [7, 11) is 0. The summed E-state index contributed by atoms with van der Waals surface area (Å²) in [4.78, 5) is 11.6. The van der Waals surface area contributed by atoms with Crippen LogP contribution in [0.4, 0.5) is 0 Å². The molecule has 0 heterocycles. The molecule has 0 radical (unpaired) electrons. The van der Waals surface area contributed by atoms with Crippen LogP contribution in [0.2, 0.25) is 0 Å². The second-order valence-corrected chi connectivity index (χ2v) is 5.68. The van der Waals surface area contributed by atoms with Crippen LogP contribution in [-0.2, 0) is 9.53 Å². The predicted molar refractivity (Wildman–Crippen MR) is 93.2 cm³/mol. The molecular weight excluding hydrogens is 375 g/mol. The van der Waals surface area contributed by atoms with E-state index < -0.39 is 0 Å². The van der Waals surface area contributed by atoms with E-state index in [9.17, 15) is 4.79 Å². The Morgan fingerprint density at radius 3 is 2.48 bits per heavy atom. The summed E-state index contributed by atoms with van der Waals surface area (Å²) in [5.74, 6) is -0.256. The third-order valence-electron chi connectivity index (χ3n) is 3.11. The van der Waals surface area contributed by atoms with Crippen LogP contribution in [0.3, 0.4) is 0 Å². The molecule has 2 nitrogen and oxygen atoms in total. The van der Waals surface area contributed by atoms with Crippen molar-refractivity contribution in [3.63, 3.8) is 0 Å². The van der Waals surface area contributed by atoms with Gasteiger partial charge >= 0.3 is 5.97 Å². The first-order valence-electron chi connectivity index (χ1n) is 6.86. The molecular formula is C18H17IO2. The van der Waals surface area contributed by atoms with Crippen molar-refractivity contribution in [1.29, 1.82) is 0 Å². The second kappa shape index (κ2) is 7.98. The molecule has 0 saturated heterocycles. The predicted octanol–water partition coefficient (Wildman–Crippen LogP) is 4.54. The summed E-state index contributed by atoms with van der Waals surface area (Å²) in [5.41, 5.74) is 2.34.